The molecule has 0 saturated heterocycles. The number of pyridine rings is 1. The molecule has 88 valence electrons. The first-order chi connectivity index (χ1) is 8.19. The van der Waals surface area contributed by atoms with Crippen LogP contribution in [0.25, 0.3) is 0 Å². The summed E-state index contributed by atoms with van der Waals surface area (Å²) in [5, 5.41) is 20.2. The molecule has 2 rings (SSSR count). The summed E-state index contributed by atoms with van der Waals surface area (Å²) in [4.78, 5) is 5.00. The lowest BCUT2D eigenvalue weighted by molar-refractivity contribution is 0.318. The van der Waals surface area contributed by atoms with Crippen LogP contribution in [0.3, 0.4) is 0 Å². The molecule has 0 aliphatic heterocycles. The molecule has 0 radical (unpaired) electrons. The largest absolute Gasteiger partial charge is 0.409 e. The molecule has 0 bridgehead atoms. The van der Waals surface area contributed by atoms with Crippen LogP contribution in [0.2, 0.25) is 0 Å². The van der Waals surface area contributed by atoms with Crippen molar-refractivity contribution in [3.8, 4) is 0 Å². The highest BCUT2D eigenvalue weighted by Crippen LogP contribution is 2.29. The van der Waals surface area contributed by atoms with Gasteiger partial charge in [-0.15, -0.1) is 10.2 Å². The standard InChI is InChI=1S/C9H9N5OS2/c1-5-12-13-9(16-5)17-6-2-3-7(11-4-6)8(10)14-15/h2-4,15H,1H3,(H2,10,14). The highest BCUT2D eigenvalue weighted by Gasteiger charge is 2.05. The van der Waals surface area contributed by atoms with Crippen LogP contribution in [0.1, 0.15) is 10.7 Å². The van der Waals surface area contributed by atoms with Gasteiger partial charge in [-0.2, -0.15) is 0 Å². The summed E-state index contributed by atoms with van der Waals surface area (Å²) in [6.45, 7) is 1.90. The van der Waals surface area contributed by atoms with Crippen LogP contribution in [0.5, 0.6) is 0 Å². The predicted octanol–water partition coefficient (Wildman–Crippen LogP) is 1.49. The van der Waals surface area contributed by atoms with Gasteiger partial charge in [-0.1, -0.05) is 28.3 Å². The predicted molar refractivity (Wildman–Crippen MR) is 65.5 cm³/mol. The quantitative estimate of drug-likeness (QED) is 0.378. The summed E-state index contributed by atoms with van der Waals surface area (Å²) in [7, 11) is 0. The van der Waals surface area contributed by atoms with Crippen molar-refractivity contribution in [1.82, 2.24) is 15.2 Å². The molecule has 0 aliphatic rings. The van der Waals surface area contributed by atoms with Gasteiger partial charge in [0.1, 0.15) is 10.7 Å². The third kappa shape index (κ3) is 2.92. The van der Waals surface area contributed by atoms with Crippen molar-refractivity contribution < 1.29 is 5.21 Å². The summed E-state index contributed by atoms with van der Waals surface area (Å²) >= 11 is 3.00. The van der Waals surface area contributed by atoms with Crippen molar-refractivity contribution in [1.29, 1.82) is 0 Å². The lowest BCUT2D eigenvalue weighted by Crippen LogP contribution is -2.14. The molecular weight excluding hydrogens is 258 g/mol. The van der Waals surface area contributed by atoms with E-state index in [2.05, 4.69) is 20.3 Å². The van der Waals surface area contributed by atoms with Crippen molar-refractivity contribution in [2.24, 2.45) is 10.9 Å². The third-order valence-electron chi connectivity index (χ3n) is 1.82. The zero-order valence-electron chi connectivity index (χ0n) is 8.86. The molecule has 0 aliphatic carbocycles. The van der Waals surface area contributed by atoms with Crippen molar-refractivity contribution in [2.75, 3.05) is 0 Å². The molecule has 0 aromatic carbocycles. The van der Waals surface area contributed by atoms with Gasteiger partial charge in [0.25, 0.3) is 0 Å². The first-order valence-electron chi connectivity index (χ1n) is 4.61. The number of aryl methyl sites for hydroxylation is 1. The Hall–Kier alpha value is -1.67. The van der Waals surface area contributed by atoms with Gasteiger partial charge in [0, 0.05) is 11.1 Å². The maximum Gasteiger partial charge on any atom is 0.188 e. The minimum Gasteiger partial charge on any atom is -0.409 e. The van der Waals surface area contributed by atoms with E-state index in [4.69, 9.17) is 10.9 Å². The second-order valence-corrected chi connectivity index (χ2v) is 5.56. The fraction of sp³-hybridized carbons (Fsp3) is 0.111. The smallest absolute Gasteiger partial charge is 0.188 e. The number of amidine groups is 1. The van der Waals surface area contributed by atoms with E-state index in [1.807, 2.05) is 13.0 Å². The summed E-state index contributed by atoms with van der Waals surface area (Å²) in [6.07, 6.45) is 1.65. The van der Waals surface area contributed by atoms with E-state index in [9.17, 15) is 0 Å². The number of nitrogens with two attached hydrogens (primary N) is 1. The molecule has 0 saturated carbocycles. The van der Waals surface area contributed by atoms with Gasteiger partial charge in [-0.3, -0.25) is 4.98 Å². The second kappa shape index (κ2) is 5.11. The van der Waals surface area contributed by atoms with Gasteiger partial charge in [0.15, 0.2) is 10.2 Å². The van der Waals surface area contributed by atoms with E-state index in [0.29, 0.717) is 5.69 Å². The Morgan fingerprint density at radius 3 is 2.82 bits per heavy atom. The summed E-state index contributed by atoms with van der Waals surface area (Å²) in [6, 6.07) is 3.52. The molecule has 2 heterocycles. The number of hydrogen-bond donors (Lipinski definition) is 2. The van der Waals surface area contributed by atoms with Crippen LogP contribution in [-0.2, 0) is 0 Å². The molecule has 2 aromatic rings. The average molecular weight is 267 g/mol. The Morgan fingerprint density at radius 2 is 2.29 bits per heavy atom. The normalized spacial score (nSPS) is 11.7. The topological polar surface area (TPSA) is 97.3 Å². The minimum atomic E-state index is -0.00619. The van der Waals surface area contributed by atoms with Gasteiger partial charge in [-0.05, 0) is 19.1 Å². The monoisotopic (exact) mass is 267 g/mol. The molecule has 17 heavy (non-hydrogen) atoms. The van der Waals surface area contributed by atoms with Gasteiger partial charge in [0.05, 0.1) is 0 Å². The minimum absolute atomic E-state index is 0.00619. The van der Waals surface area contributed by atoms with Crippen molar-refractivity contribution in [3.05, 3.63) is 29.0 Å². The van der Waals surface area contributed by atoms with Crippen molar-refractivity contribution in [2.45, 2.75) is 16.2 Å². The fourth-order valence-corrected chi connectivity index (χ4v) is 2.82. The first-order valence-corrected chi connectivity index (χ1v) is 6.24. The van der Waals surface area contributed by atoms with Gasteiger partial charge in [0.2, 0.25) is 0 Å². The Morgan fingerprint density at radius 1 is 1.47 bits per heavy atom. The highest BCUT2D eigenvalue weighted by molar-refractivity contribution is 8.01. The zero-order chi connectivity index (χ0) is 12.3. The number of hydrogen-bond acceptors (Lipinski definition) is 7. The van der Waals surface area contributed by atoms with Crippen LogP contribution < -0.4 is 5.73 Å². The van der Waals surface area contributed by atoms with E-state index < -0.39 is 0 Å². The average Bonchev–Trinajstić information content (AvgIpc) is 2.75. The number of oxime groups is 1. The van der Waals surface area contributed by atoms with Crippen LogP contribution in [0.15, 0.2) is 32.7 Å². The molecule has 0 amide bonds. The van der Waals surface area contributed by atoms with Gasteiger partial charge < -0.3 is 10.9 Å². The fourth-order valence-electron chi connectivity index (χ4n) is 1.06. The van der Waals surface area contributed by atoms with Crippen LogP contribution in [0, 0.1) is 6.92 Å². The van der Waals surface area contributed by atoms with Crippen LogP contribution >= 0.6 is 23.1 Å². The van der Waals surface area contributed by atoms with Gasteiger partial charge >= 0.3 is 0 Å². The number of rotatable bonds is 3. The molecule has 2 aromatic heterocycles. The number of nitrogens with zero attached hydrogens (tertiary/aromatic N) is 4. The van der Waals surface area contributed by atoms with E-state index in [1.165, 1.54) is 23.1 Å². The Kier molecular flexibility index (Phi) is 3.55. The molecule has 6 nitrogen and oxygen atoms in total. The number of aromatic nitrogens is 3. The van der Waals surface area contributed by atoms with Crippen LogP contribution in [0.4, 0.5) is 0 Å². The van der Waals surface area contributed by atoms with Crippen molar-refractivity contribution in [3.63, 3.8) is 0 Å². The van der Waals surface area contributed by atoms with Gasteiger partial charge in [-0.25, -0.2) is 0 Å². The summed E-state index contributed by atoms with van der Waals surface area (Å²) in [5.41, 5.74) is 5.85. The molecule has 3 N–H and O–H groups in total. The van der Waals surface area contributed by atoms with Crippen molar-refractivity contribution >= 4 is 28.9 Å². The van der Waals surface area contributed by atoms with E-state index >= 15 is 0 Å². The molecule has 0 unspecified atom stereocenters. The summed E-state index contributed by atoms with van der Waals surface area (Å²) < 4.78 is 0.862. The maximum atomic E-state index is 8.50. The van der Waals surface area contributed by atoms with E-state index in [1.54, 1.807) is 12.3 Å². The maximum absolute atomic E-state index is 8.50. The molecule has 0 fully saturated rings. The van der Waals surface area contributed by atoms with E-state index in [0.717, 1.165) is 14.2 Å². The third-order valence-corrected chi connectivity index (χ3v) is 3.69. The first kappa shape index (κ1) is 11.8. The Bertz CT molecular complexity index is 537. The zero-order valence-corrected chi connectivity index (χ0v) is 10.5. The highest BCUT2D eigenvalue weighted by atomic mass is 32.2. The second-order valence-electron chi connectivity index (χ2n) is 3.05. The molecule has 8 heteroatoms. The SMILES string of the molecule is Cc1nnc(Sc2ccc(/C(N)=N/O)nc2)s1. The lowest BCUT2D eigenvalue weighted by Gasteiger charge is -1.99. The molecular formula is C9H9N5OS2. The summed E-state index contributed by atoms with van der Waals surface area (Å²) in [5.74, 6) is -0.00619. The molecule has 0 spiro atoms. The Labute approximate surface area is 106 Å². The van der Waals surface area contributed by atoms with E-state index in [-0.39, 0.29) is 5.84 Å². The van der Waals surface area contributed by atoms with Crippen LogP contribution in [-0.4, -0.2) is 26.2 Å². The lowest BCUT2D eigenvalue weighted by atomic mass is 10.3. The Balaban J connectivity index is 2.13. The molecule has 0 atom stereocenters.